The largest absolute Gasteiger partial charge is 0.354 e. The molecule has 0 spiro atoms. The molecule has 90 valence electrons. The van der Waals surface area contributed by atoms with Crippen molar-refractivity contribution >= 4 is 28.6 Å². The summed E-state index contributed by atoms with van der Waals surface area (Å²) in [6, 6.07) is 0. The van der Waals surface area contributed by atoms with Crippen molar-refractivity contribution in [2.24, 2.45) is 5.41 Å². The molecule has 1 aliphatic heterocycles. The number of anilines is 1. The van der Waals surface area contributed by atoms with Gasteiger partial charge in [0.1, 0.15) is 5.52 Å². The van der Waals surface area contributed by atoms with Crippen LogP contribution in [0.25, 0.3) is 11.2 Å². The predicted octanol–water partition coefficient (Wildman–Crippen LogP) is 2.24. The highest BCUT2D eigenvalue weighted by atomic mass is 35.5. The molecule has 1 fully saturated rings. The Hall–Kier alpha value is -1.36. The second-order valence-corrected chi connectivity index (χ2v) is 5.59. The van der Waals surface area contributed by atoms with Gasteiger partial charge in [0, 0.05) is 13.1 Å². The standard InChI is InChI=1S/C11H14ClN5/c1-11(2)3-4-17(5-11)9-7-8(14-6-13-7)15-10(12)16-9/h6H,3-5H2,1-2H3,(H,13,14,15,16). The van der Waals surface area contributed by atoms with E-state index in [1.165, 1.54) is 0 Å². The Morgan fingerprint density at radius 2 is 2.24 bits per heavy atom. The first-order valence-corrected chi connectivity index (χ1v) is 6.05. The lowest BCUT2D eigenvalue weighted by Gasteiger charge is -2.20. The summed E-state index contributed by atoms with van der Waals surface area (Å²) >= 11 is 5.93. The number of nitrogens with one attached hydrogen (secondary N) is 1. The third kappa shape index (κ3) is 1.84. The minimum atomic E-state index is 0.254. The quantitative estimate of drug-likeness (QED) is 0.790. The third-order valence-corrected chi connectivity index (χ3v) is 3.39. The molecule has 1 N–H and O–H groups in total. The van der Waals surface area contributed by atoms with Crippen molar-refractivity contribution in [3.8, 4) is 0 Å². The first kappa shape index (κ1) is 10.8. The Morgan fingerprint density at radius 1 is 1.41 bits per heavy atom. The fourth-order valence-corrected chi connectivity index (χ4v) is 2.47. The lowest BCUT2D eigenvalue weighted by Crippen LogP contribution is -2.24. The second kappa shape index (κ2) is 3.57. The van der Waals surface area contributed by atoms with E-state index in [-0.39, 0.29) is 5.28 Å². The van der Waals surface area contributed by atoms with Crippen molar-refractivity contribution in [3.05, 3.63) is 11.6 Å². The summed E-state index contributed by atoms with van der Waals surface area (Å²) in [5, 5.41) is 0.254. The average Bonchev–Trinajstić information content (AvgIpc) is 2.82. The summed E-state index contributed by atoms with van der Waals surface area (Å²) < 4.78 is 0. The number of hydrogen-bond donors (Lipinski definition) is 1. The van der Waals surface area contributed by atoms with Crippen molar-refractivity contribution in [2.45, 2.75) is 20.3 Å². The van der Waals surface area contributed by atoms with E-state index in [1.807, 2.05) is 0 Å². The van der Waals surface area contributed by atoms with E-state index in [0.717, 1.165) is 30.8 Å². The SMILES string of the molecule is CC1(C)CCN(c2nc(Cl)nc3nc[nH]c23)C1. The van der Waals surface area contributed by atoms with Crippen molar-refractivity contribution in [1.29, 1.82) is 0 Å². The monoisotopic (exact) mass is 251 g/mol. The van der Waals surface area contributed by atoms with E-state index in [9.17, 15) is 0 Å². The molecule has 2 aromatic rings. The molecule has 0 aliphatic carbocycles. The van der Waals surface area contributed by atoms with Crippen molar-refractivity contribution < 1.29 is 0 Å². The van der Waals surface area contributed by atoms with Gasteiger partial charge >= 0.3 is 0 Å². The number of imidazole rings is 1. The van der Waals surface area contributed by atoms with E-state index in [2.05, 4.69) is 38.7 Å². The molecule has 3 rings (SSSR count). The molecule has 0 atom stereocenters. The highest BCUT2D eigenvalue weighted by molar-refractivity contribution is 6.28. The van der Waals surface area contributed by atoms with Crippen molar-refractivity contribution in [1.82, 2.24) is 19.9 Å². The number of fused-ring (bicyclic) bond motifs is 1. The van der Waals surface area contributed by atoms with Gasteiger partial charge in [-0.05, 0) is 23.4 Å². The first-order chi connectivity index (χ1) is 8.05. The lowest BCUT2D eigenvalue weighted by molar-refractivity contribution is 0.418. The molecule has 0 bridgehead atoms. The fourth-order valence-electron chi connectivity index (χ4n) is 2.31. The maximum atomic E-state index is 5.93. The van der Waals surface area contributed by atoms with Gasteiger partial charge in [0.25, 0.3) is 0 Å². The van der Waals surface area contributed by atoms with Crippen LogP contribution in [0, 0.1) is 5.41 Å². The zero-order valence-electron chi connectivity index (χ0n) is 9.87. The first-order valence-electron chi connectivity index (χ1n) is 5.67. The Morgan fingerprint density at radius 3 is 2.94 bits per heavy atom. The van der Waals surface area contributed by atoms with Crippen LogP contribution < -0.4 is 4.90 Å². The van der Waals surface area contributed by atoms with Gasteiger partial charge in [0.05, 0.1) is 6.33 Å². The molecule has 17 heavy (non-hydrogen) atoms. The molecule has 0 radical (unpaired) electrons. The van der Waals surface area contributed by atoms with Crippen LogP contribution in [-0.2, 0) is 0 Å². The molecule has 5 nitrogen and oxygen atoms in total. The van der Waals surface area contributed by atoms with Gasteiger partial charge in [-0.1, -0.05) is 13.8 Å². The van der Waals surface area contributed by atoms with Gasteiger partial charge in [0.2, 0.25) is 5.28 Å². The summed E-state index contributed by atoms with van der Waals surface area (Å²) in [4.78, 5) is 17.9. The predicted molar refractivity (Wildman–Crippen MR) is 67.3 cm³/mol. The minimum Gasteiger partial charge on any atom is -0.354 e. The Labute approximate surface area is 104 Å². The Bertz CT molecular complexity index is 562. The van der Waals surface area contributed by atoms with E-state index < -0.39 is 0 Å². The molecule has 0 aromatic carbocycles. The van der Waals surface area contributed by atoms with E-state index >= 15 is 0 Å². The number of halogens is 1. The summed E-state index contributed by atoms with van der Waals surface area (Å²) in [6.07, 6.45) is 2.78. The molecule has 0 saturated carbocycles. The molecule has 3 heterocycles. The third-order valence-electron chi connectivity index (χ3n) is 3.22. The summed E-state index contributed by atoms with van der Waals surface area (Å²) in [6.45, 7) is 6.50. The van der Waals surface area contributed by atoms with E-state index in [0.29, 0.717) is 11.1 Å². The van der Waals surface area contributed by atoms with E-state index in [4.69, 9.17) is 11.6 Å². The van der Waals surface area contributed by atoms with Crippen molar-refractivity contribution in [3.63, 3.8) is 0 Å². The van der Waals surface area contributed by atoms with Crippen LogP contribution in [0.2, 0.25) is 5.28 Å². The highest BCUT2D eigenvalue weighted by Crippen LogP contribution is 2.34. The molecule has 0 unspecified atom stereocenters. The summed E-state index contributed by atoms with van der Waals surface area (Å²) in [7, 11) is 0. The van der Waals surface area contributed by atoms with Crippen molar-refractivity contribution in [2.75, 3.05) is 18.0 Å². The molecule has 0 amide bonds. The number of aromatic nitrogens is 4. The summed E-state index contributed by atoms with van der Waals surface area (Å²) in [5.74, 6) is 0.864. The topological polar surface area (TPSA) is 57.7 Å². The smallest absolute Gasteiger partial charge is 0.226 e. The number of hydrogen-bond acceptors (Lipinski definition) is 4. The van der Waals surface area contributed by atoms with Crippen LogP contribution in [0.1, 0.15) is 20.3 Å². The number of rotatable bonds is 1. The molecular formula is C11H14ClN5. The van der Waals surface area contributed by atoms with Crippen LogP contribution in [0.15, 0.2) is 6.33 Å². The molecule has 6 heteroatoms. The zero-order valence-corrected chi connectivity index (χ0v) is 10.6. The maximum absolute atomic E-state index is 5.93. The van der Waals surface area contributed by atoms with Crippen LogP contribution in [0.5, 0.6) is 0 Å². The van der Waals surface area contributed by atoms with E-state index in [1.54, 1.807) is 6.33 Å². The normalized spacial score (nSPS) is 19.1. The number of nitrogens with zero attached hydrogens (tertiary/aromatic N) is 4. The summed E-state index contributed by atoms with van der Waals surface area (Å²) in [5.41, 5.74) is 1.82. The van der Waals surface area contributed by atoms with Gasteiger partial charge in [-0.25, -0.2) is 4.98 Å². The minimum absolute atomic E-state index is 0.254. The molecule has 1 aliphatic rings. The van der Waals surface area contributed by atoms with Gasteiger partial charge < -0.3 is 9.88 Å². The van der Waals surface area contributed by atoms with Gasteiger partial charge in [-0.3, -0.25) is 0 Å². The average molecular weight is 252 g/mol. The second-order valence-electron chi connectivity index (χ2n) is 5.25. The molecular weight excluding hydrogens is 238 g/mol. The van der Waals surface area contributed by atoms with Gasteiger partial charge in [-0.2, -0.15) is 9.97 Å². The van der Waals surface area contributed by atoms with Crippen LogP contribution in [-0.4, -0.2) is 33.0 Å². The maximum Gasteiger partial charge on any atom is 0.226 e. The zero-order chi connectivity index (χ0) is 12.0. The number of H-pyrrole nitrogens is 1. The molecule has 1 saturated heterocycles. The Kier molecular flexibility index (Phi) is 2.26. The highest BCUT2D eigenvalue weighted by Gasteiger charge is 2.31. The lowest BCUT2D eigenvalue weighted by atomic mass is 9.93. The van der Waals surface area contributed by atoms with Crippen LogP contribution >= 0.6 is 11.6 Å². The fraction of sp³-hybridized carbons (Fsp3) is 0.545. The number of aromatic amines is 1. The van der Waals surface area contributed by atoms with Crippen LogP contribution in [0.4, 0.5) is 5.82 Å². The van der Waals surface area contributed by atoms with Crippen LogP contribution in [0.3, 0.4) is 0 Å². The van der Waals surface area contributed by atoms with Gasteiger partial charge in [-0.15, -0.1) is 0 Å². The Balaban J connectivity index is 2.08. The van der Waals surface area contributed by atoms with Gasteiger partial charge in [0.15, 0.2) is 11.5 Å². The molecule has 2 aromatic heterocycles.